The number of rotatable bonds is 4. The highest BCUT2D eigenvalue weighted by atomic mass is 32.2. The summed E-state index contributed by atoms with van der Waals surface area (Å²) in [6, 6.07) is 15.0. The van der Waals surface area contributed by atoms with Crippen LogP contribution < -0.4 is 4.74 Å². The zero-order chi connectivity index (χ0) is 13.9. The van der Waals surface area contributed by atoms with Crippen LogP contribution in [-0.2, 0) is 6.42 Å². The summed E-state index contributed by atoms with van der Waals surface area (Å²) in [4.78, 5) is 12.1. The zero-order valence-electron chi connectivity index (χ0n) is 10.8. The fraction of sp³-hybridized carbons (Fsp3) is 0.188. The Bertz CT molecular complexity index is 597. The second-order valence-electron chi connectivity index (χ2n) is 4.69. The lowest BCUT2D eigenvalue weighted by Crippen LogP contribution is -2.13. The first kappa shape index (κ1) is 13.1. The average Bonchev–Trinajstić information content (AvgIpc) is 2.88. The van der Waals surface area contributed by atoms with Crippen molar-refractivity contribution < 1.29 is 14.6 Å². The summed E-state index contributed by atoms with van der Waals surface area (Å²) in [5, 5.41) is 9.26. The van der Waals surface area contributed by atoms with E-state index in [1.807, 2.05) is 11.8 Å². The third-order valence-corrected chi connectivity index (χ3v) is 4.54. The van der Waals surface area contributed by atoms with Crippen LogP contribution in [0.5, 0.6) is 5.75 Å². The molecule has 3 nitrogen and oxygen atoms in total. The summed E-state index contributed by atoms with van der Waals surface area (Å²) in [5.41, 5.74) is 1.66. The number of carbonyl (C=O) groups is 1. The van der Waals surface area contributed by atoms with E-state index < -0.39 is 5.97 Å². The summed E-state index contributed by atoms with van der Waals surface area (Å²) in [7, 11) is 0. The second-order valence-corrected chi connectivity index (χ2v) is 6.03. The molecule has 0 bridgehead atoms. The molecule has 1 N–H and O–H groups in total. The summed E-state index contributed by atoms with van der Waals surface area (Å²) in [6.45, 7) is 0.631. The molecule has 0 spiro atoms. The largest absolute Gasteiger partial charge is 0.492 e. The van der Waals surface area contributed by atoms with Crippen LogP contribution in [0.4, 0.5) is 0 Å². The highest BCUT2D eigenvalue weighted by molar-refractivity contribution is 8.00. The predicted molar refractivity (Wildman–Crippen MR) is 78.7 cm³/mol. The van der Waals surface area contributed by atoms with Crippen molar-refractivity contribution >= 4 is 17.7 Å². The first-order valence-electron chi connectivity index (χ1n) is 6.43. The average molecular weight is 286 g/mol. The van der Waals surface area contributed by atoms with Gasteiger partial charge in [-0.3, -0.25) is 0 Å². The fourth-order valence-corrected chi connectivity index (χ4v) is 3.45. The number of hydrogen-bond donors (Lipinski definition) is 1. The molecule has 0 saturated carbocycles. The van der Waals surface area contributed by atoms with Crippen LogP contribution in [0.1, 0.15) is 15.9 Å². The lowest BCUT2D eigenvalue weighted by molar-refractivity contribution is 0.0697. The van der Waals surface area contributed by atoms with Crippen molar-refractivity contribution in [2.75, 3.05) is 6.61 Å². The standard InChI is InChI=1S/C16H14O3S/c17-16(18)11-5-7-13(8-6-11)19-10-14-9-12-3-1-2-4-15(12)20-14/h1-8,14H,9-10H2,(H,17,18). The molecule has 4 heteroatoms. The van der Waals surface area contributed by atoms with Gasteiger partial charge in [0.2, 0.25) is 0 Å². The molecule has 3 rings (SSSR count). The third-order valence-electron chi connectivity index (χ3n) is 3.25. The van der Waals surface area contributed by atoms with E-state index in [2.05, 4.69) is 24.3 Å². The van der Waals surface area contributed by atoms with Gasteiger partial charge in [-0.2, -0.15) is 0 Å². The molecule has 1 unspecified atom stereocenters. The second kappa shape index (κ2) is 5.59. The lowest BCUT2D eigenvalue weighted by Gasteiger charge is -2.11. The van der Waals surface area contributed by atoms with Gasteiger partial charge in [0.05, 0.1) is 5.56 Å². The van der Waals surface area contributed by atoms with Gasteiger partial charge in [-0.1, -0.05) is 18.2 Å². The van der Waals surface area contributed by atoms with Gasteiger partial charge in [-0.15, -0.1) is 11.8 Å². The van der Waals surface area contributed by atoms with Crippen molar-refractivity contribution in [1.82, 2.24) is 0 Å². The zero-order valence-corrected chi connectivity index (χ0v) is 11.6. The maximum atomic E-state index is 10.8. The molecule has 1 aliphatic rings. The lowest BCUT2D eigenvalue weighted by atomic mass is 10.1. The smallest absolute Gasteiger partial charge is 0.335 e. The van der Waals surface area contributed by atoms with Crippen LogP contribution in [0.3, 0.4) is 0 Å². The van der Waals surface area contributed by atoms with Gasteiger partial charge >= 0.3 is 5.97 Å². The molecule has 1 aliphatic heterocycles. The molecule has 1 atom stereocenters. The van der Waals surface area contributed by atoms with Gasteiger partial charge in [-0.25, -0.2) is 4.79 Å². The van der Waals surface area contributed by atoms with Gasteiger partial charge in [-0.05, 0) is 42.3 Å². The van der Waals surface area contributed by atoms with Gasteiger partial charge in [0.15, 0.2) is 0 Å². The van der Waals surface area contributed by atoms with E-state index in [0.29, 0.717) is 17.6 Å². The SMILES string of the molecule is O=C(O)c1ccc(OCC2Cc3ccccc3S2)cc1. The number of carboxylic acid groups (broad SMARTS) is 1. The van der Waals surface area contributed by atoms with E-state index in [0.717, 1.165) is 6.42 Å². The molecule has 102 valence electrons. The predicted octanol–water partition coefficient (Wildman–Crippen LogP) is 3.48. The monoisotopic (exact) mass is 286 g/mol. The summed E-state index contributed by atoms with van der Waals surface area (Å²) >= 11 is 1.84. The van der Waals surface area contributed by atoms with Crippen LogP contribution in [0.25, 0.3) is 0 Å². The van der Waals surface area contributed by atoms with Gasteiger partial charge in [0.25, 0.3) is 0 Å². The number of fused-ring (bicyclic) bond motifs is 1. The Labute approximate surface area is 121 Å². The van der Waals surface area contributed by atoms with E-state index in [1.165, 1.54) is 10.5 Å². The minimum atomic E-state index is -0.918. The van der Waals surface area contributed by atoms with E-state index in [-0.39, 0.29) is 5.56 Å². The van der Waals surface area contributed by atoms with E-state index >= 15 is 0 Å². The fourth-order valence-electron chi connectivity index (χ4n) is 2.23. The first-order valence-corrected chi connectivity index (χ1v) is 7.31. The number of carboxylic acids is 1. The molecule has 1 heterocycles. The van der Waals surface area contributed by atoms with Crippen molar-refractivity contribution in [3.05, 3.63) is 59.7 Å². The van der Waals surface area contributed by atoms with E-state index in [4.69, 9.17) is 9.84 Å². The maximum absolute atomic E-state index is 10.8. The number of aromatic carboxylic acids is 1. The van der Waals surface area contributed by atoms with E-state index in [1.54, 1.807) is 24.3 Å². The number of ether oxygens (including phenoxy) is 1. The summed E-state index contributed by atoms with van der Waals surface area (Å²) in [6.07, 6.45) is 1.02. The summed E-state index contributed by atoms with van der Waals surface area (Å²) in [5.74, 6) is -0.204. The van der Waals surface area contributed by atoms with Crippen molar-refractivity contribution in [2.45, 2.75) is 16.6 Å². The number of thioether (sulfide) groups is 1. The van der Waals surface area contributed by atoms with Crippen molar-refractivity contribution in [3.8, 4) is 5.75 Å². The van der Waals surface area contributed by atoms with Crippen LogP contribution in [0.15, 0.2) is 53.4 Å². The Kier molecular flexibility index (Phi) is 3.65. The molecule has 0 saturated heterocycles. The molecule has 0 aliphatic carbocycles. The quantitative estimate of drug-likeness (QED) is 0.934. The molecule has 2 aromatic rings. The third kappa shape index (κ3) is 2.80. The van der Waals surface area contributed by atoms with Crippen LogP contribution in [-0.4, -0.2) is 22.9 Å². The summed E-state index contributed by atoms with van der Waals surface area (Å²) < 4.78 is 5.74. The Morgan fingerprint density at radius 2 is 1.95 bits per heavy atom. The van der Waals surface area contributed by atoms with Crippen LogP contribution in [0.2, 0.25) is 0 Å². The molecule has 0 aromatic heterocycles. The minimum Gasteiger partial charge on any atom is -0.492 e. The molecular weight excluding hydrogens is 272 g/mol. The van der Waals surface area contributed by atoms with Gasteiger partial charge in [0.1, 0.15) is 12.4 Å². The highest BCUT2D eigenvalue weighted by Crippen LogP contribution is 2.36. The molecule has 0 fully saturated rings. The molecule has 2 aromatic carbocycles. The van der Waals surface area contributed by atoms with Gasteiger partial charge < -0.3 is 9.84 Å². The van der Waals surface area contributed by atoms with Crippen LogP contribution >= 0.6 is 11.8 Å². The Morgan fingerprint density at radius 3 is 2.65 bits per heavy atom. The molecule has 0 amide bonds. The van der Waals surface area contributed by atoms with Crippen molar-refractivity contribution in [2.24, 2.45) is 0 Å². The number of benzene rings is 2. The van der Waals surface area contributed by atoms with Crippen molar-refractivity contribution in [1.29, 1.82) is 0 Å². The van der Waals surface area contributed by atoms with Crippen molar-refractivity contribution in [3.63, 3.8) is 0 Å². The van der Waals surface area contributed by atoms with Gasteiger partial charge in [0, 0.05) is 10.1 Å². The highest BCUT2D eigenvalue weighted by Gasteiger charge is 2.22. The Balaban J connectivity index is 1.57. The number of hydrogen-bond acceptors (Lipinski definition) is 3. The topological polar surface area (TPSA) is 46.5 Å². The van der Waals surface area contributed by atoms with Crippen LogP contribution in [0, 0.1) is 0 Å². The van der Waals surface area contributed by atoms with E-state index in [9.17, 15) is 4.79 Å². The minimum absolute atomic E-state index is 0.278. The maximum Gasteiger partial charge on any atom is 0.335 e. The molecular formula is C16H14O3S. The molecule has 20 heavy (non-hydrogen) atoms. The normalized spacial score (nSPS) is 16.7. The Hall–Kier alpha value is -1.94. The molecule has 0 radical (unpaired) electrons. The Morgan fingerprint density at radius 1 is 1.20 bits per heavy atom. The first-order chi connectivity index (χ1) is 9.72.